The lowest BCUT2D eigenvalue weighted by atomic mass is 10.0. The highest BCUT2D eigenvalue weighted by Crippen LogP contribution is 2.30. The molecule has 4 nitrogen and oxygen atoms in total. The molecule has 0 aromatic heterocycles. The fourth-order valence-corrected chi connectivity index (χ4v) is 3.57. The van der Waals surface area contributed by atoms with Crippen molar-refractivity contribution in [1.82, 2.24) is 0 Å². The number of nitrogens with one attached hydrogen (secondary N) is 1. The van der Waals surface area contributed by atoms with Gasteiger partial charge in [0.25, 0.3) is 5.91 Å². The van der Waals surface area contributed by atoms with Crippen LogP contribution in [0, 0.1) is 0 Å². The Morgan fingerprint density at radius 1 is 1.00 bits per heavy atom. The normalized spacial score (nSPS) is 14.4. The second kappa shape index (κ2) is 7.36. The second-order valence-electron chi connectivity index (χ2n) is 6.25. The quantitative estimate of drug-likeness (QED) is 0.737. The van der Waals surface area contributed by atoms with E-state index in [9.17, 15) is 4.79 Å². The van der Waals surface area contributed by atoms with E-state index in [0.29, 0.717) is 29.5 Å². The fourth-order valence-electron chi connectivity index (χ4n) is 3.27. The number of morpholine rings is 1. The van der Waals surface area contributed by atoms with Crippen molar-refractivity contribution in [2.24, 2.45) is 0 Å². The monoisotopic (exact) mass is 366 g/mol. The van der Waals surface area contributed by atoms with Gasteiger partial charge in [0.2, 0.25) is 0 Å². The summed E-state index contributed by atoms with van der Waals surface area (Å²) in [5, 5.41) is 5.56. The zero-order valence-electron chi connectivity index (χ0n) is 14.2. The van der Waals surface area contributed by atoms with Crippen LogP contribution in [0.4, 0.5) is 11.4 Å². The molecule has 1 amide bonds. The minimum atomic E-state index is -0.142. The van der Waals surface area contributed by atoms with Crippen molar-refractivity contribution < 1.29 is 9.53 Å². The van der Waals surface area contributed by atoms with Crippen LogP contribution >= 0.6 is 11.6 Å². The molecule has 1 aliphatic heterocycles. The van der Waals surface area contributed by atoms with E-state index < -0.39 is 0 Å². The lowest BCUT2D eigenvalue weighted by molar-refractivity contribution is 0.102. The Kier molecular flexibility index (Phi) is 4.78. The zero-order chi connectivity index (χ0) is 17.9. The molecular weight excluding hydrogens is 348 g/mol. The largest absolute Gasteiger partial charge is 0.378 e. The fraction of sp³-hybridized carbons (Fsp3) is 0.190. The highest BCUT2D eigenvalue weighted by Gasteiger charge is 2.15. The standard InChI is InChI=1S/C21H19ClN2O2/c22-19-14-16(8-9-20(19)24-10-12-26-13-11-24)23-21(25)18-7-3-5-15-4-1-2-6-17(15)18/h1-9,14H,10-13H2,(H,23,25). The van der Waals surface area contributed by atoms with Crippen molar-refractivity contribution in [1.29, 1.82) is 0 Å². The third-order valence-corrected chi connectivity index (χ3v) is 4.89. The molecule has 3 aromatic rings. The number of carbonyl (C=O) groups excluding carboxylic acids is 1. The van der Waals surface area contributed by atoms with Crippen LogP contribution < -0.4 is 10.2 Å². The van der Waals surface area contributed by atoms with E-state index in [1.165, 1.54) is 0 Å². The van der Waals surface area contributed by atoms with E-state index >= 15 is 0 Å². The number of carbonyl (C=O) groups is 1. The molecule has 1 aliphatic rings. The van der Waals surface area contributed by atoms with Crippen LogP contribution in [0.1, 0.15) is 10.4 Å². The molecule has 0 bridgehead atoms. The summed E-state index contributed by atoms with van der Waals surface area (Å²) in [5.74, 6) is -0.142. The van der Waals surface area contributed by atoms with Gasteiger partial charge in [0.15, 0.2) is 0 Å². The summed E-state index contributed by atoms with van der Waals surface area (Å²) in [6.07, 6.45) is 0. The van der Waals surface area contributed by atoms with Gasteiger partial charge >= 0.3 is 0 Å². The first-order chi connectivity index (χ1) is 12.7. The van der Waals surface area contributed by atoms with Crippen LogP contribution in [-0.2, 0) is 4.74 Å². The molecule has 0 spiro atoms. The third kappa shape index (κ3) is 3.39. The van der Waals surface area contributed by atoms with Gasteiger partial charge in [-0.3, -0.25) is 4.79 Å². The van der Waals surface area contributed by atoms with Crippen molar-refractivity contribution >= 4 is 39.7 Å². The minimum Gasteiger partial charge on any atom is -0.378 e. The third-order valence-electron chi connectivity index (χ3n) is 4.59. The smallest absolute Gasteiger partial charge is 0.256 e. The first kappa shape index (κ1) is 16.9. The number of halogens is 1. The SMILES string of the molecule is O=C(Nc1ccc(N2CCOCC2)c(Cl)c1)c1cccc2ccccc12. The molecule has 26 heavy (non-hydrogen) atoms. The van der Waals surface area contributed by atoms with Gasteiger partial charge in [-0.15, -0.1) is 0 Å². The van der Waals surface area contributed by atoms with Crippen molar-refractivity contribution in [3.05, 3.63) is 71.2 Å². The second-order valence-corrected chi connectivity index (χ2v) is 6.65. The molecule has 0 saturated carbocycles. The molecule has 0 aliphatic carbocycles. The predicted octanol–water partition coefficient (Wildman–Crippen LogP) is 4.58. The highest BCUT2D eigenvalue weighted by molar-refractivity contribution is 6.33. The number of ether oxygens (including phenoxy) is 1. The Labute approximate surface area is 157 Å². The van der Waals surface area contributed by atoms with Crippen LogP contribution in [0.3, 0.4) is 0 Å². The van der Waals surface area contributed by atoms with Crippen molar-refractivity contribution in [2.45, 2.75) is 0 Å². The van der Waals surface area contributed by atoms with Gasteiger partial charge in [0, 0.05) is 24.3 Å². The summed E-state index contributed by atoms with van der Waals surface area (Å²) in [6, 6.07) is 19.2. The number of nitrogens with zero attached hydrogens (tertiary/aromatic N) is 1. The van der Waals surface area contributed by atoms with Gasteiger partial charge in [-0.1, -0.05) is 48.0 Å². The van der Waals surface area contributed by atoms with Crippen LogP contribution in [-0.4, -0.2) is 32.2 Å². The van der Waals surface area contributed by atoms with Crippen LogP contribution in [0.2, 0.25) is 5.02 Å². The molecule has 1 N–H and O–H groups in total. The minimum absolute atomic E-state index is 0.142. The molecule has 1 saturated heterocycles. The summed E-state index contributed by atoms with van der Waals surface area (Å²) >= 11 is 6.45. The van der Waals surface area contributed by atoms with Gasteiger partial charge in [-0.2, -0.15) is 0 Å². The number of fused-ring (bicyclic) bond motifs is 1. The summed E-state index contributed by atoms with van der Waals surface area (Å²) in [6.45, 7) is 3.05. The van der Waals surface area contributed by atoms with E-state index in [-0.39, 0.29) is 5.91 Å². The Bertz CT molecular complexity index is 946. The molecule has 1 heterocycles. The summed E-state index contributed by atoms with van der Waals surface area (Å²) < 4.78 is 5.38. The molecule has 0 unspecified atom stereocenters. The highest BCUT2D eigenvalue weighted by atomic mass is 35.5. The van der Waals surface area contributed by atoms with Gasteiger partial charge in [0.05, 0.1) is 23.9 Å². The number of rotatable bonds is 3. The van der Waals surface area contributed by atoms with E-state index in [0.717, 1.165) is 29.5 Å². The molecule has 132 valence electrons. The van der Waals surface area contributed by atoms with E-state index in [2.05, 4.69) is 10.2 Å². The molecule has 4 rings (SSSR count). The summed E-state index contributed by atoms with van der Waals surface area (Å²) in [5.41, 5.74) is 2.31. The number of benzene rings is 3. The summed E-state index contributed by atoms with van der Waals surface area (Å²) in [7, 11) is 0. The van der Waals surface area contributed by atoms with Crippen molar-refractivity contribution in [3.8, 4) is 0 Å². The Morgan fingerprint density at radius 3 is 2.58 bits per heavy atom. The van der Waals surface area contributed by atoms with Crippen molar-refractivity contribution in [2.75, 3.05) is 36.5 Å². The van der Waals surface area contributed by atoms with Crippen LogP contribution in [0.15, 0.2) is 60.7 Å². The molecule has 0 atom stereocenters. The van der Waals surface area contributed by atoms with Gasteiger partial charge in [0.1, 0.15) is 0 Å². The first-order valence-electron chi connectivity index (χ1n) is 8.64. The van der Waals surface area contributed by atoms with Crippen LogP contribution in [0.5, 0.6) is 0 Å². The predicted molar refractivity (Wildman–Crippen MR) is 106 cm³/mol. The summed E-state index contributed by atoms with van der Waals surface area (Å²) in [4.78, 5) is 14.9. The lowest BCUT2D eigenvalue weighted by Crippen LogP contribution is -2.36. The maximum absolute atomic E-state index is 12.7. The van der Waals surface area contributed by atoms with E-state index in [1.807, 2.05) is 54.6 Å². The molecule has 1 fully saturated rings. The maximum Gasteiger partial charge on any atom is 0.256 e. The van der Waals surface area contributed by atoms with Gasteiger partial charge in [-0.05, 0) is 35.0 Å². The lowest BCUT2D eigenvalue weighted by Gasteiger charge is -2.29. The molecule has 0 radical (unpaired) electrons. The van der Waals surface area contributed by atoms with E-state index in [4.69, 9.17) is 16.3 Å². The maximum atomic E-state index is 12.7. The van der Waals surface area contributed by atoms with Gasteiger partial charge in [-0.25, -0.2) is 0 Å². The van der Waals surface area contributed by atoms with Gasteiger partial charge < -0.3 is 15.0 Å². The topological polar surface area (TPSA) is 41.6 Å². The zero-order valence-corrected chi connectivity index (χ0v) is 15.0. The van der Waals surface area contributed by atoms with Crippen molar-refractivity contribution in [3.63, 3.8) is 0 Å². The number of amides is 1. The number of hydrogen-bond donors (Lipinski definition) is 1. The molecule has 5 heteroatoms. The average Bonchev–Trinajstić information content (AvgIpc) is 2.68. The Hall–Kier alpha value is -2.56. The Morgan fingerprint density at radius 2 is 1.77 bits per heavy atom. The van der Waals surface area contributed by atoms with E-state index in [1.54, 1.807) is 6.07 Å². The van der Waals surface area contributed by atoms with Crippen LogP contribution in [0.25, 0.3) is 10.8 Å². The first-order valence-corrected chi connectivity index (χ1v) is 9.01. The Balaban J connectivity index is 1.57. The molecule has 3 aromatic carbocycles. The number of hydrogen-bond acceptors (Lipinski definition) is 3. The average molecular weight is 367 g/mol. The molecular formula is C21H19ClN2O2. The number of anilines is 2.